The summed E-state index contributed by atoms with van der Waals surface area (Å²) in [6.45, 7) is 1.41. The maximum absolute atomic E-state index is 13.3. The molecule has 0 radical (unpaired) electrons. The van der Waals surface area contributed by atoms with Crippen LogP contribution in [-0.4, -0.2) is 73.6 Å². The molecule has 34 heavy (non-hydrogen) atoms. The van der Waals surface area contributed by atoms with Crippen molar-refractivity contribution < 1.29 is 54.4 Å². The molecule has 2 aromatic carbocycles. The number of phenolic OH excluding ortho intramolecular Hbond substituents is 4. The van der Waals surface area contributed by atoms with Crippen molar-refractivity contribution in [2.24, 2.45) is 0 Å². The molecular formula is C22H22O12. The minimum Gasteiger partial charge on any atom is -0.508 e. The molecule has 1 saturated heterocycles. The summed E-state index contributed by atoms with van der Waals surface area (Å²) in [5, 5.41) is 70.4. The zero-order valence-corrected chi connectivity index (χ0v) is 17.9. The first-order valence-corrected chi connectivity index (χ1v) is 10.0. The van der Waals surface area contributed by atoms with Crippen LogP contribution in [0.2, 0.25) is 0 Å². The maximum Gasteiger partial charge on any atom is 0.239 e. The van der Waals surface area contributed by atoms with E-state index in [9.17, 15) is 40.5 Å². The van der Waals surface area contributed by atoms with Gasteiger partial charge in [0, 0.05) is 17.7 Å². The van der Waals surface area contributed by atoms with Gasteiger partial charge in [0.05, 0.1) is 13.2 Å². The van der Waals surface area contributed by atoms with Gasteiger partial charge in [-0.25, -0.2) is 0 Å². The topological polar surface area (TPSA) is 200 Å². The van der Waals surface area contributed by atoms with E-state index in [1.807, 2.05) is 0 Å². The van der Waals surface area contributed by atoms with Crippen molar-refractivity contribution in [3.8, 4) is 45.8 Å². The van der Waals surface area contributed by atoms with E-state index in [1.54, 1.807) is 0 Å². The van der Waals surface area contributed by atoms with E-state index in [4.69, 9.17) is 18.6 Å². The molecule has 0 unspecified atom stereocenters. The van der Waals surface area contributed by atoms with Crippen LogP contribution in [0.1, 0.15) is 6.92 Å². The molecule has 182 valence electrons. The average Bonchev–Trinajstić information content (AvgIpc) is 2.76. The van der Waals surface area contributed by atoms with Gasteiger partial charge in [-0.3, -0.25) is 4.79 Å². The molecule has 12 heteroatoms. The van der Waals surface area contributed by atoms with Crippen molar-refractivity contribution in [3.05, 3.63) is 34.5 Å². The minimum atomic E-state index is -1.78. The summed E-state index contributed by atoms with van der Waals surface area (Å²) in [6.07, 6.45) is -7.50. The van der Waals surface area contributed by atoms with Crippen LogP contribution in [0.3, 0.4) is 0 Å². The third-order valence-electron chi connectivity index (χ3n) is 5.48. The van der Waals surface area contributed by atoms with Crippen LogP contribution in [0.5, 0.6) is 34.5 Å². The lowest BCUT2D eigenvalue weighted by molar-refractivity contribution is -0.268. The molecule has 1 fully saturated rings. The van der Waals surface area contributed by atoms with Gasteiger partial charge in [-0.15, -0.1) is 0 Å². The highest BCUT2D eigenvalue weighted by molar-refractivity contribution is 5.88. The number of fused-ring (bicyclic) bond motifs is 1. The highest BCUT2D eigenvalue weighted by Crippen LogP contribution is 2.43. The van der Waals surface area contributed by atoms with Gasteiger partial charge in [0.15, 0.2) is 17.3 Å². The van der Waals surface area contributed by atoms with Crippen molar-refractivity contribution in [2.75, 3.05) is 7.11 Å². The van der Waals surface area contributed by atoms with Gasteiger partial charge in [-0.1, -0.05) is 0 Å². The van der Waals surface area contributed by atoms with Crippen molar-refractivity contribution in [2.45, 2.75) is 37.6 Å². The summed E-state index contributed by atoms with van der Waals surface area (Å²) in [5.41, 5.74) is -1.28. The molecule has 0 bridgehead atoms. The molecule has 0 amide bonds. The van der Waals surface area contributed by atoms with Gasteiger partial charge < -0.3 is 54.4 Å². The number of methoxy groups -OCH3 is 1. The fourth-order valence-electron chi connectivity index (χ4n) is 3.73. The number of rotatable bonds is 4. The Hall–Kier alpha value is -3.71. The van der Waals surface area contributed by atoms with E-state index >= 15 is 0 Å². The SMILES string of the molecule is COc1c(O)cc(-c2oc3cc(O)cc(O)c3c(=O)c2O[C@H]2O[C@H](C)[C@H](O)[C@@H](O)[C@@H]2O)cc1O. The highest BCUT2D eigenvalue weighted by Gasteiger charge is 2.44. The number of aliphatic hydroxyl groups excluding tert-OH is 3. The lowest BCUT2D eigenvalue weighted by Crippen LogP contribution is -2.58. The molecule has 4 rings (SSSR count). The Morgan fingerprint density at radius 3 is 2.12 bits per heavy atom. The maximum atomic E-state index is 13.3. The van der Waals surface area contributed by atoms with Gasteiger partial charge in [0.25, 0.3) is 0 Å². The lowest BCUT2D eigenvalue weighted by atomic mass is 10.00. The number of benzene rings is 2. The van der Waals surface area contributed by atoms with Crippen molar-refractivity contribution in [1.82, 2.24) is 0 Å². The Morgan fingerprint density at radius 1 is 0.853 bits per heavy atom. The molecule has 12 nitrogen and oxygen atoms in total. The van der Waals surface area contributed by atoms with Crippen LogP contribution in [0, 0.1) is 0 Å². The predicted molar refractivity (Wildman–Crippen MR) is 114 cm³/mol. The van der Waals surface area contributed by atoms with Crippen molar-refractivity contribution in [1.29, 1.82) is 0 Å². The third-order valence-corrected chi connectivity index (χ3v) is 5.48. The summed E-state index contributed by atoms with van der Waals surface area (Å²) < 4.78 is 21.6. The predicted octanol–water partition coefficient (Wildman–Crippen LogP) is 0.497. The molecule has 5 atom stereocenters. The molecule has 0 aliphatic carbocycles. The van der Waals surface area contributed by atoms with Crippen LogP contribution in [0.15, 0.2) is 33.5 Å². The Kier molecular flexibility index (Phi) is 5.91. The number of hydrogen-bond acceptors (Lipinski definition) is 12. The molecular weight excluding hydrogens is 456 g/mol. The van der Waals surface area contributed by atoms with Gasteiger partial charge in [0.2, 0.25) is 23.2 Å². The third kappa shape index (κ3) is 3.82. The van der Waals surface area contributed by atoms with E-state index in [0.717, 1.165) is 24.3 Å². The quantitative estimate of drug-likeness (QED) is 0.274. The van der Waals surface area contributed by atoms with Gasteiger partial charge in [0.1, 0.15) is 40.8 Å². The Labute approximate surface area is 191 Å². The summed E-state index contributed by atoms with van der Waals surface area (Å²) >= 11 is 0. The second-order valence-electron chi connectivity index (χ2n) is 7.77. The molecule has 1 aliphatic heterocycles. The van der Waals surface area contributed by atoms with Crippen LogP contribution >= 0.6 is 0 Å². The number of ether oxygens (including phenoxy) is 3. The smallest absolute Gasteiger partial charge is 0.239 e. The van der Waals surface area contributed by atoms with E-state index < -0.39 is 64.9 Å². The van der Waals surface area contributed by atoms with Gasteiger partial charge in [-0.05, 0) is 19.1 Å². The number of aromatic hydroxyl groups is 4. The van der Waals surface area contributed by atoms with Crippen molar-refractivity contribution in [3.63, 3.8) is 0 Å². The minimum absolute atomic E-state index is 0.0773. The van der Waals surface area contributed by atoms with E-state index in [2.05, 4.69) is 0 Å². The van der Waals surface area contributed by atoms with Crippen LogP contribution in [-0.2, 0) is 4.74 Å². The first-order chi connectivity index (χ1) is 16.0. The van der Waals surface area contributed by atoms with Crippen molar-refractivity contribution >= 4 is 11.0 Å². The largest absolute Gasteiger partial charge is 0.508 e. The summed E-state index contributed by atoms with van der Waals surface area (Å²) in [7, 11) is 1.22. The first-order valence-electron chi connectivity index (χ1n) is 10.0. The van der Waals surface area contributed by atoms with Crippen LogP contribution in [0.4, 0.5) is 0 Å². The summed E-state index contributed by atoms with van der Waals surface area (Å²) in [4.78, 5) is 13.3. The second-order valence-corrected chi connectivity index (χ2v) is 7.77. The van der Waals surface area contributed by atoms with Crippen LogP contribution < -0.4 is 14.9 Å². The summed E-state index contributed by atoms with van der Waals surface area (Å²) in [6, 6.07) is 4.15. The first kappa shape index (κ1) is 23.4. The fourth-order valence-corrected chi connectivity index (χ4v) is 3.73. The zero-order valence-electron chi connectivity index (χ0n) is 17.9. The van der Waals surface area contributed by atoms with Crippen LogP contribution in [0.25, 0.3) is 22.3 Å². The molecule has 1 aliphatic rings. The number of aliphatic hydroxyl groups is 3. The average molecular weight is 478 g/mol. The molecule has 0 saturated carbocycles. The van der Waals surface area contributed by atoms with E-state index in [1.165, 1.54) is 14.0 Å². The van der Waals surface area contributed by atoms with E-state index in [0.29, 0.717) is 0 Å². The number of hydrogen-bond donors (Lipinski definition) is 7. The fraction of sp³-hybridized carbons (Fsp3) is 0.318. The molecule has 1 aromatic heterocycles. The summed E-state index contributed by atoms with van der Waals surface area (Å²) in [5.74, 6) is -3.30. The van der Waals surface area contributed by atoms with Gasteiger partial charge in [-0.2, -0.15) is 0 Å². The van der Waals surface area contributed by atoms with Gasteiger partial charge >= 0.3 is 0 Å². The molecule has 7 N–H and O–H groups in total. The Balaban J connectivity index is 1.94. The standard InChI is InChI=1S/C22H22O12/c1-7-15(27)17(29)18(30)22(32-7)34-21-16(28)14-10(24)5-9(23)6-13(14)33-19(21)8-3-11(25)20(31-2)12(26)4-8/h3-7,15,17-18,22-27,29-30H,1-2H3/t7-,15+,17-,18+,22-/m1/s1. The highest BCUT2D eigenvalue weighted by atomic mass is 16.7. The molecule has 3 aromatic rings. The molecule has 0 spiro atoms. The zero-order chi connectivity index (χ0) is 24.9. The monoisotopic (exact) mass is 478 g/mol. The normalized spacial score (nSPS) is 24.8. The second kappa shape index (κ2) is 8.57. The lowest BCUT2D eigenvalue weighted by Gasteiger charge is -2.38. The van der Waals surface area contributed by atoms with E-state index in [-0.39, 0.29) is 28.0 Å². The Bertz CT molecular complexity index is 1280. The number of phenols is 4. The molecule has 2 heterocycles. The Morgan fingerprint density at radius 2 is 1.50 bits per heavy atom.